The number of amides is 2. The number of carbonyl (C=O) groups excluding carboxylic acids is 2. The zero-order valence-electron chi connectivity index (χ0n) is 14.0. The molecule has 1 aliphatic rings. The summed E-state index contributed by atoms with van der Waals surface area (Å²) in [4.78, 5) is 26.0. The van der Waals surface area contributed by atoms with Crippen molar-refractivity contribution in [2.45, 2.75) is 38.6 Å². The summed E-state index contributed by atoms with van der Waals surface area (Å²) in [7, 11) is 3.44. The van der Waals surface area contributed by atoms with E-state index in [9.17, 15) is 9.59 Å². The molecule has 0 saturated heterocycles. The van der Waals surface area contributed by atoms with Crippen LogP contribution in [0.15, 0.2) is 18.2 Å². The van der Waals surface area contributed by atoms with Crippen LogP contribution in [0.1, 0.15) is 41.6 Å². The van der Waals surface area contributed by atoms with Crippen molar-refractivity contribution in [1.82, 2.24) is 4.90 Å². The maximum atomic E-state index is 12.4. The third-order valence-electron chi connectivity index (χ3n) is 4.23. The lowest BCUT2D eigenvalue weighted by Crippen LogP contribution is -2.34. The molecule has 0 heterocycles. The number of nitrogens with two attached hydrogens (primary N) is 1. The molecule has 2 amide bonds. The van der Waals surface area contributed by atoms with E-state index in [-0.39, 0.29) is 36.2 Å². The van der Waals surface area contributed by atoms with Crippen LogP contribution in [0.25, 0.3) is 0 Å². The second kappa shape index (κ2) is 8.31. The van der Waals surface area contributed by atoms with Crippen molar-refractivity contribution in [3.05, 3.63) is 29.3 Å². The molecule has 1 saturated carbocycles. The molecule has 1 aromatic rings. The number of hydrogen-bond acceptors (Lipinski definition) is 3. The van der Waals surface area contributed by atoms with Gasteiger partial charge in [-0.3, -0.25) is 9.59 Å². The van der Waals surface area contributed by atoms with Crippen molar-refractivity contribution in [2.75, 3.05) is 19.4 Å². The summed E-state index contributed by atoms with van der Waals surface area (Å²) >= 11 is 0. The molecule has 0 aliphatic heterocycles. The SMILES string of the molecule is Cc1ccc(NC(=O)C2CCCC(N)C2)cc1C(=O)N(C)C.Cl. The first-order chi connectivity index (χ1) is 10.4. The molecule has 2 unspecified atom stereocenters. The summed E-state index contributed by atoms with van der Waals surface area (Å²) in [5.41, 5.74) is 8.12. The van der Waals surface area contributed by atoms with E-state index in [0.29, 0.717) is 11.3 Å². The molecule has 0 spiro atoms. The molecule has 0 aromatic heterocycles. The number of rotatable bonds is 3. The fourth-order valence-corrected chi connectivity index (χ4v) is 2.88. The molecule has 0 bridgehead atoms. The molecule has 5 nitrogen and oxygen atoms in total. The lowest BCUT2D eigenvalue weighted by Gasteiger charge is -2.25. The molecule has 2 atom stereocenters. The van der Waals surface area contributed by atoms with E-state index in [2.05, 4.69) is 5.32 Å². The molecule has 0 radical (unpaired) electrons. The molecular weight excluding hydrogens is 314 g/mol. The molecule has 1 aliphatic carbocycles. The molecule has 128 valence electrons. The first-order valence-corrected chi connectivity index (χ1v) is 7.77. The maximum Gasteiger partial charge on any atom is 0.253 e. The Labute approximate surface area is 144 Å². The monoisotopic (exact) mass is 339 g/mol. The minimum atomic E-state index is -0.0618. The number of benzene rings is 1. The highest BCUT2D eigenvalue weighted by Gasteiger charge is 2.25. The van der Waals surface area contributed by atoms with Crippen LogP contribution in [-0.2, 0) is 4.79 Å². The second-order valence-electron chi connectivity index (χ2n) is 6.34. The predicted octanol–water partition coefficient (Wildman–Crippen LogP) is 2.57. The van der Waals surface area contributed by atoms with Crippen LogP contribution in [0.4, 0.5) is 5.69 Å². The number of anilines is 1. The van der Waals surface area contributed by atoms with Crippen molar-refractivity contribution < 1.29 is 9.59 Å². The third-order valence-corrected chi connectivity index (χ3v) is 4.23. The summed E-state index contributed by atoms with van der Waals surface area (Å²) in [6.45, 7) is 1.89. The Kier molecular flexibility index (Phi) is 7.03. The van der Waals surface area contributed by atoms with E-state index >= 15 is 0 Å². The highest BCUT2D eigenvalue weighted by atomic mass is 35.5. The zero-order valence-corrected chi connectivity index (χ0v) is 14.8. The first kappa shape index (κ1) is 19.5. The van der Waals surface area contributed by atoms with E-state index in [0.717, 1.165) is 31.2 Å². The molecule has 23 heavy (non-hydrogen) atoms. The van der Waals surface area contributed by atoms with Gasteiger partial charge in [0.15, 0.2) is 0 Å². The number of nitrogens with zero attached hydrogens (tertiary/aromatic N) is 1. The first-order valence-electron chi connectivity index (χ1n) is 7.77. The summed E-state index contributed by atoms with van der Waals surface area (Å²) in [6.07, 6.45) is 3.61. The average molecular weight is 340 g/mol. The van der Waals surface area contributed by atoms with E-state index in [1.165, 1.54) is 4.90 Å². The Morgan fingerprint density at radius 2 is 1.96 bits per heavy atom. The number of halogens is 1. The molecule has 6 heteroatoms. The predicted molar refractivity (Wildman–Crippen MR) is 95.0 cm³/mol. The van der Waals surface area contributed by atoms with Crippen LogP contribution < -0.4 is 11.1 Å². The van der Waals surface area contributed by atoms with Crippen molar-refractivity contribution >= 4 is 29.9 Å². The molecule has 1 fully saturated rings. The van der Waals surface area contributed by atoms with Gasteiger partial charge in [-0.2, -0.15) is 0 Å². The van der Waals surface area contributed by atoms with Crippen molar-refractivity contribution in [2.24, 2.45) is 11.7 Å². The van der Waals surface area contributed by atoms with Crippen molar-refractivity contribution in [1.29, 1.82) is 0 Å². The highest BCUT2D eigenvalue weighted by molar-refractivity contribution is 5.98. The minimum absolute atomic E-state index is 0. The highest BCUT2D eigenvalue weighted by Crippen LogP contribution is 2.25. The maximum absolute atomic E-state index is 12.4. The molecule has 3 N–H and O–H groups in total. The Hall–Kier alpha value is -1.59. The van der Waals surface area contributed by atoms with Gasteiger partial charge in [-0.05, 0) is 43.9 Å². The lowest BCUT2D eigenvalue weighted by atomic mass is 9.85. The summed E-state index contributed by atoms with van der Waals surface area (Å²) in [6, 6.07) is 5.56. The van der Waals surface area contributed by atoms with Gasteiger partial charge in [0.05, 0.1) is 0 Å². The quantitative estimate of drug-likeness (QED) is 0.888. The Morgan fingerprint density at radius 1 is 1.26 bits per heavy atom. The number of aryl methyl sites for hydroxylation is 1. The van der Waals surface area contributed by atoms with Gasteiger partial charge < -0.3 is 16.0 Å². The van der Waals surface area contributed by atoms with E-state index in [1.54, 1.807) is 20.2 Å². The Bertz CT molecular complexity index is 575. The number of carbonyl (C=O) groups is 2. The summed E-state index contributed by atoms with van der Waals surface area (Å²) < 4.78 is 0. The molecule has 1 aromatic carbocycles. The van der Waals surface area contributed by atoms with Gasteiger partial charge in [-0.25, -0.2) is 0 Å². The fraction of sp³-hybridized carbons (Fsp3) is 0.529. The van der Waals surface area contributed by atoms with Crippen molar-refractivity contribution in [3.63, 3.8) is 0 Å². The van der Waals surface area contributed by atoms with E-state index in [1.807, 2.05) is 19.1 Å². The lowest BCUT2D eigenvalue weighted by molar-refractivity contribution is -0.120. The van der Waals surface area contributed by atoms with Crippen molar-refractivity contribution in [3.8, 4) is 0 Å². The van der Waals surface area contributed by atoms with Gasteiger partial charge in [0.2, 0.25) is 5.91 Å². The van der Waals surface area contributed by atoms with Crippen LogP contribution in [0, 0.1) is 12.8 Å². The van der Waals surface area contributed by atoms with Crippen LogP contribution >= 0.6 is 12.4 Å². The smallest absolute Gasteiger partial charge is 0.253 e. The van der Waals surface area contributed by atoms with Crippen LogP contribution in [0.5, 0.6) is 0 Å². The largest absolute Gasteiger partial charge is 0.345 e. The van der Waals surface area contributed by atoms with Crippen LogP contribution in [0.2, 0.25) is 0 Å². The van der Waals surface area contributed by atoms with Gasteiger partial charge in [0.25, 0.3) is 5.91 Å². The summed E-state index contributed by atoms with van der Waals surface area (Å²) in [5, 5.41) is 2.93. The third kappa shape index (κ3) is 4.94. The molecular formula is C17H26ClN3O2. The fourth-order valence-electron chi connectivity index (χ4n) is 2.88. The van der Waals surface area contributed by atoms with E-state index in [4.69, 9.17) is 5.73 Å². The number of nitrogens with one attached hydrogen (secondary N) is 1. The zero-order chi connectivity index (χ0) is 16.3. The standard InChI is InChI=1S/C17H25N3O2.ClH/c1-11-7-8-14(10-15(11)17(22)20(2)3)19-16(21)12-5-4-6-13(18)9-12;/h7-8,10,12-13H,4-6,9,18H2,1-3H3,(H,19,21);1H. The topological polar surface area (TPSA) is 75.4 Å². The van der Waals surface area contributed by atoms with Gasteiger partial charge in [0, 0.05) is 37.3 Å². The van der Waals surface area contributed by atoms with Gasteiger partial charge in [0.1, 0.15) is 0 Å². The van der Waals surface area contributed by atoms with Gasteiger partial charge in [-0.1, -0.05) is 12.5 Å². The normalized spacial score (nSPS) is 20.3. The van der Waals surface area contributed by atoms with Crippen LogP contribution in [-0.4, -0.2) is 36.9 Å². The second-order valence-corrected chi connectivity index (χ2v) is 6.34. The van der Waals surface area contributed by atoms with Crippen LogP contribution in [0.3, 0.4) is 0 Å². The minimum Gasteiger partial charge on any atom is -0.345 e. The van der Waals surface area contributed by atoms with E-state index < -0.39 is 0 Å². The summed E-state index contributed by atoms with van der Waals surface area (Å²) in [5.74, 6) is -0.0893. The molecule has 2 rings (SSSR count). The van der Waals surface area contributed by atoms with Gasteiger partial charge in [-0.15, -0.1) is 12.4 Å². The number of hydrogen-bond donors (Lipinski definition) is 2. The Morgan fingerprint density at radius 3 is 2.57 bits per heavy atom. The van der Waals surface area contributed by atoms with Gasteiger partial charge >= 0.3 is 0 Å². The Balaban J connectivity index is 0.00000264. The average Bonchev–Trinajstić information content (AvgIpc) is 2.48.